The third-order valence-corrected chi connectivity index (χ3v) is 3.41. The van der Waals surface area contributed by atoms with Gasteiger partial charge in [0.15, 0.2) is 0 Å². The summed E-state index contributed by atoms with van der Waals surface area (Å²) in [5.41, 5.74) is 3.14. The predicted octanol–water partition coefficient (Wildman–Crippen LogP) is 4.41. The minimum Gasteiger partial charge on any atom is -0.491 e. The smallest absolute Gasteiger partial charge is 0.123 e. The first kappa shape index (κ1) is 16.4. The monoisotopic (exact) mass is 300 g/mol. The molecule has 0 aliphatic heterocycles. The molecule has 0 spiro atoms. The molecule has 0 saturated carbocycles. The minimum atomic E-state index is -0.559. The highest BCUT2D eigenvalue weighted by atomic mass is 16.5. The lowest BCUT2D eigenvalue weighted by Crippen LogP contribution is -2.07. The summed E-state index contributed by atoms with van der Waals surface area (Å²) < 4.78 is 11.6. The molecule has 22 heavy (non-hydrogen) atoms. The van der Waals surface area contributed by atoms with E-state index in [4.69, 9.17) is 9.47 Å². The second kappa shape index (κ2) is 7.32. The number of hydrogen-bond acceptors (Lipinski definition) is 3. The van der Waals surface area contributed by atoms with Gasteiger partial charge in [-0.2, -0.15) is 0 Å². The van der Waals surface area contributed by atoms with E-state index < -0.39 is 6.10 Å². The maximum absolute atomic E-state index is 9.82. The van der Waals surface area contributed by atoms with Gasteiger partial charge in [0.2, 0.25) is 0 Å². The van der Waals surface area contributed by atoms with Gasteiger partial charge in [-0.15, -0.1) is 0 Å². The number of aryl methyl sites for hydroxylation is 1. The van der Waals surface area contributed by atoms with Crippen LogP contribution in [0.1, 0.15) is 43.6 Å². The fourth-order valence-corrected chi connectivity index (χ4v) is 2.19. The zero-order valence-electron chi connectivity index (χ0n) is 13.7. The van der Waals surface area contributed by atoms with E-state index in [1.807, 2.05) is 44.2 Å². The van der Waals surface area contributed by atoms with Crippen LogP contribution >= 0.6 is 0 Å². The van der Waals surface area contributed by atoms with E-state index >= 15 is 0 Å². The first-order valence-electron chi connectivity index (χ1n) is 7.62. The first-order chi connectivity index (χ1) is 10.5. The summed E-state index contributed by atoms with van der Waals surface area (Å²) in [6.45, 7) is 8.25. The number of aliphatic hydroxyl groups excluding tert-OH is 1. The quantitative estimate of drug-likeness (QED) is 0.858. The molecule has 0 amide bonds. The summed E-state index contributed by atoms with van der Waals surface area (Å²) in [5.74, 6) is 1.42. The van der Waals surface area contributed by atoms with Crippen LogP contribution in [0.4, 0.5) is 0 Å². The minimum absolute atomic E-state index is 0.0773. The molecule has 2 aromatic rings. The van der Waals surface area contributed by atoms with Crippen molar-refractivity contribution in [2.24, 2.45) is 0 Å². The van der Waals surface area contributed by atoms with Gasteiger partial charge in [0.05, 0.1) is 12.2 Å². The van der Waals surface area contributed by atoms with Gasteiger partial charge in [-0.05, 0) is 56.5 Å². The van der Waals surface area contributed by atoms with Gasteiger partial charge in [0, 0.05) is 6.07 Å². The van der Waals surface area contributed by atoms with Gasteiger partial charge in [0.1, 0.15) is 18.1 Å². The van der Waals surface area contributed by atoms with Crippen molar-refractivity contribution in [3.05, 3.63) is 59.2 Å². The molecule has 0 aromatic heterocycles. The topological polar surface area (TPSA) is 38.7 Å². The van der Waals surface area contributed by atoms with Crippen LogP contribution < -0.4 is 9.47 Å². The van der Waals surface area contributed by atoms with Gasteiger partial charge >= 0.3 is 0 Å². The van der Waals surface area contributed by atoms with Crippen LogP contribution in [0.2, 0.25) is 0 Å². The Kier molecular flexibility index (Phi) is 5.45. The van der Waals surface area contributed by atoms with Crippen molar-refractivity contribution in [2.45, 2.75) is 46.5 Å². The molecular weight excluding hydrogens is 276 g/mol. The average Bonchev–Trinajstić information content (AvgIpc) is 2.45. The molecule has 0 unspecified atom stereocenters. The molecule has 0 saturated heterocycles. The van der Waals surface area contributed by atoms with Gasteiger partial charge in [-0.3, -0.25) is 0 Å². The van der Waals surface area contributed by atoms with E-state index in [1.165, 1.54) is 5.56 Å². The predicted molar refractivity (Wildman–Crippen MR) is 88.4 cm³/mol. The molecule has 1 atom stereocenters. The van der Waals surface area contributed by atoms with Crippen LogP contribution in [0.3, 0.4) is 0 Å². The summed E-state index contributed by atoms with van der Waals surface area (Å²) in [7, 11) is 0. The SMILES string of the molecule is Cc1ccccc1COc1cc(OC(C)C)cc([C@H](C)O)c1. The average molecular weight is 300 g/mol. The zero-order chi connectivity index (χ0) is 16.1. The summed E-state index contributed by atoms with van der Waals surface area (Å²) in [6, 6.07) is 13.7. The van der Waals surface area contributed by atoms with Crippen LogP contribution in [0.5, 0.6) is 11.5 Å². The maximum Gasteiger partial charge on any atom is 0.123 e. The lowest BCUT2D eigenvalue weighted by atomic mass is 10.1. The second-order valence-corrected chi connectivity index (χ2v) is 5.80. The van der Waals surface area contributed by atoms with Crippen molar-refractivity contribution in [3.63, 3.8) is 0 Å². The third kappa shape index (κ3) is 4.50. The molecule has 0 heterocycles. The molecule has 0 fully saturated rings. The van der Waals surface area contributed by atoms with Crippen molar-refractivity contribution >= 4 is 0 Å². The standard InChI is InChI=1S/C19H24O3/c1-13(2)22-19-10-17(15(4)20)9-18(11-19)21-12-16-8-6-5-7-14(16)3/h5-11,13,15,20H,12H2,1-4H3/t15-/m0/s1. The first-order valence-corrected chi connectivity index (χ1v) is 7.62. The molecule has 2 rings (SSSR count). The fraction of sp³-hybridized carbons (Fsp3) is 0.368. The molecule has 0 radical (unpaired) electrons. The second-order valence-electron chi connectivity index (χ2n) is 5.80. The van der Waals surface area contributed by atoms with Crippen molar-refractivity contribution < 1.29 is 14.6 Å². The van der Waals surface area contributed by atoms with Crippen molar-refractivity contribution in [1.82, 2.24) is 0 Å². The Balaban J connectivity index is 2.18. The zero-order valence-corrected chi connectivity index (χ0v) is 13.7. The van der Waals surface area contributed by atoms with Crippen LogP contribution in [-0.4, -0.2) is 11.2 Å². The van der Waals surface area contributed by atoms with E-state index in [1.54, 1.807) is 6.92 Å². The van der Waals surface area contributed by atoms with Crippen LogP contribution in [0, 0.1) is 6.92 Å². The van der Waals surface area contributed by atoms with Gasteiger partial charge in [-0.25, -0.2) is 0 Å². The molecule has 3 nitrogen and oxygen atoms in total. The highest BCUT2D eigenvalue weighted by Crippen LogP contribution is 2.28. The molecular formula is C19H24O3. The molecule has 2 aromatic carbocycles. The van der Waals surface area contributed by atoms with E-state index in [0.717, 1.165) is 11.1 Å². The Morgan fingerprint density at radius 1 is 1.00 bits per heavy atom. The Hall–Kier alpha value is -2.00. The Bertz CT molecular complexity index is 618. The molecule has 3 heteroatoms. The van der Waals surface area contributed by atoms with Crippen molar-refractivity contribution in [3.8, 4) is 11.5 Å². The Labute approximate surface area is 132 Å². The summed E-state index contributed by atoms with van der Waals surface area (Å²) in [5, 5.41) is 9.82. The lowest BCUT2D eigenvalue weighted by Gasteiger charge is -2.15. The molecule has 0 bridgehead atoms. The third-order valence-electron chi connectivity index (χ3n) is 3.41. The van der Waals surface area contributed by atoms with E-state index in [9.17, 15) is 5.11 Å². The Morgan fingerprint density at radius 3 is 2.32 bits per heavy atom. The van der Waals surface area contributed by atoms with E-state index in [0.29, 0.717) is 18.1 Å². The van der Waals surface area contributed by atoms with Crippen LogP contribution in [0.15, 0.2) is 42.5 Å². The molecule has 0 aliphatic rings. The molecule has 118 valence electrons. The van der Waals surface area contributed by atoms with E-state index in [-0.39, 0.29) is 6.10 Å². The largest absolute Gasteiger partial charge is 0.491 e. The molecule has 1 N–H and O–H groups in total. The summed E-state index contributed by atoms with van der Waals surface area (Å²) in [4.78, 5) is 0. The summed E-state index contributed by atoms with van der Waals surface area (Å²) >= 11 is 0. The van der Waals surface area contributed by atoms with Crippen molar-refractivity contribution in [2.75, 3.05) is 0 Å². The maximum atomic E-state index is 9.82. The Morgan fingerprint density at radius 2 is 1.68 bits per heavy atom. The normalized spacial score (nSPS) is 12.3. The molecule has 0 aliphatic carbocycles. The van der Waals surface area contributed by atoms with Gasteiger partial charge in [0.25, 0.3) is 0 Å². The van der Waals surface area contributed by atoms with Crippen molar-refractivity contribution in [1.29, 1.82) is 0 Å². The lowest BCUT2D eigenvalue weighted by molar-refractivity contribution is 0.195. The number of ether oxygens (including phenoxy) is 2. The number of rotatable bonds is 6. The number of aliphatic hydroxyl groups is 1. The van der Waals surface area contributed by atoms with Crippen LogP contribution in [-0.2, 0) is 6.61 Å². The summed E-state index contributed by atoms with van der Waals surface area (Å²) in [6.07, 6.45) is -0.481. The highest BCUT2D eigenvalue weighted by molar-refractivity contribution is 5.39. The van der Waals surface area contributed by atoms with Gasteiger partial charge in [-0.1, -0.05) is 24.3 Å². The fourth-order valence-electron chi connectivity index (χ4n) is 2.19. The highest BCUT2D eigenvalue weighted by Gasteiger charge is 2.09. The van der Waals surface area contributed by atoms with Gasteiger partial charge < -0.3 is 14.6 Å². The van der Waals surface area contributed by atoms with Crippen LogP contribution in [0.25, 0.3) is 0 Å². The number of hydrogen-bond donors (Lipinski definition) is 1. The number of benzene rings is 2. The van der Waals surface area contributed by atoms with E-state index in [2.05, 4.69) is 19.1 Å².